The molecule has 0 radical (unpaired) electrons. The van der Waals surface area contributed by atoms with Crippen molar-refractivity contribution in [2.24, 2.45) is 4.99 Å². The van der Waals surface area contributed by atoms with Crippen molar-refractivity contribution in [1.29, 1.82) is 0 Å². The number of carbonyl (C=O) groups is 1. The highest BCUT2D eigenvalue weighted by atomic mass is 16.5. The van der Waals surface area contributed by atoms with Gasteiger partial charge in [-0.15, -0.1) is 0 Å². The van der Waals surface area contributed by atoms with E-state index in [1.54, 1.807) is 0 Å². The van der Waals surface area contributed by atoms with Crippen molar-refractivity contribution in [3.8, 4) is 0 Å². The third-order valence-corrected chi connectivity index (χ3v) is 6.36. The molecule has 1 spiro atoms. The Morgan fingerprint density at radius 3 is 2.45 bits per heavy atom. The first kappa shape index (κ1) is 18.4. The number of hydrogen-bond acceptors (Lipinski definition) is 3. The second-order valence-electron chi connectivity index (χ2n) is 8.42. The van der Waals surface area contributed by atoms with E-state index < -0.39 is 5.72 Å². The molecule has 0 aliphatic carbocycles. The fourth-order valence-electron chi connectivity index (χ4n) is 4.80. The van der Waals surface area contributed by atoms with Gasteiger partial charge in [-0.3, -0.25) is 9.69 Å². The number of carbonyl (C=O) groups excluding carboxylic acids is 1. The van der Waals surface area contributed by atoms with Crippen LogP contribution in [0.1, 0.15) is 36.8 Å². The number of aliphatic imine (C=N–C) groups is 1. The van der Waals surface area contributed by atoms with Gasteiger partial charge in [0, 0.05) is 25.1 Å². The Labute approximate surface area is 172 Å². The van der Waals surface area contributed by atoms with E-state index in [4.69, 9.17) is 9.73 Å². The van der Waals surface area contributed by atoms with Crippen LogP contribution in [0.25, 0.3) is 0 Å². The van der Waals surface area contributed by atoms with Crippen molar-refractivity contribution in [3.05, 3.63) is 59.7 Å². The van der Waals surface area contributed by atoms with Crippen LogP contribution in [0.3, 0.4) is 0 Å². The standard InChI is InChI=1S/C24H27N3O2/c1-17-5-9-19(10-6-17)25-23-24(29-16-21-4-3-15-26(21)23)14-13-22(28)27(24)20-11-7-18(2)8-12-20/h5-12,21H,3-4,13-16H2,1-2H3/t21-,24?/m0/s1. The maximum absolute atomic E-state index is 13.0. The van der Waals surface area contributed by atoms with Gasteiger partial charge in [0.1, 0.15) is 0 Å². The summed E-state index contributed by atoms with van der Waals surface area (Å²) < 4.78 is 6.55. The SMILES string of the molecule is Cc1ccc(N=C2N3CCC[C@H]3COC23CCC(=O)N3c2ccc(C)cc2)cc1. The topological polar surface area (TPSA) is 45.1 Å². The largest absolute Gasteiger partial charge is 0.351 e. The molecule has 3 heterocycles. The van der Waals surface area contributed by atoms with Crippen molar-refractivity contribution in [3.63, 3.8) is 0 Å². The molecule has 1 amide bonds. The van der Waals surface area contributed by atoms with Crippen molar-refractivity contribution < 1.29 is 9.53 Å². The van der Waals surface area contributed by atoms with E-state index >= 15 is 0 Å². The predicted molar refractivity (Wildman–Crippen MR) is 115 cm³/mol. The third-order valence-electron chi connectivity index (χ3n) is 6.36. The minimum Gasteiger partial charge on any atom is -0.351 e. The molecule has 150 valence electrons. The van der Waals surface area contributed by atoms with E-state index in [0.29, 0.717) is 25.5 Å². The molecule has 5 nitrogen and oxygen atoms in total. The number of anilines is 1. The lowest BCUT2D eigenvalue weighted by molar-refractivity contribution is -0.119. The molecule has 3 aliphatic rings. The van der Waals surface area contributed by atoms with E-state index in [1.807, 2.05) is 41.3 Å². The zero-order valence-corrected chi connectivity index (χ0v) is 17.1. The number of benzene rings is 2. The van der Waals surface area contributed by atoms with Crippen LogP contribution in [0.4, 0.5) is 11.4 Å². The smallest absolute Gasteiger partial charge is 0.229 e. The predicted octanol–water partition coefficient (Wildman–Crippen LogP) is 4.35. The fourth-order valence-corrected chi connectivity index (χ4v) is 4.80. The van der Waals surface area contributed by atoms with Gasteiger partial charge in [0.2, 0.25) is 11.6 Å². The van der Waals surface area contributed by atoms with Crippen LogP contribution in [-0.2, 0) is 9.53 Å². The third kappa shape index (κ3) is 3.04. The molecule has 3 fully saturated rings. The van der Waals surface area contributed by atoms with Crippen LogP contribution < -0.4 is 4.90 Å². The second-order valence-corrected chi connectivity index (χ2v) is 8.42. The van der Waals surface area contributed by atoms with Gasteiger partial charge in [-0.1, -0.05) is 35.4 Å². The normalized spacial score (nSPS) is 27.9. The minimum atomic E-state index is -0.821. The summed E-state index contributed by atoms with van der Waals surface area (Å²) in [5.41, 5.74) is 3.35. The first-order chi connectivity index (χ1) is 14.1. The molecule has 3 aliphatic heterocycles. The average Bonchev–Trinajstić information content (AvgIpc) is 3.32. The van der Waals surface area contributed by atoms with E-state index in [9.17, 15) is 4.79 Å². The van der Waals surface area contributed by atoms with Crippen LogP contribution in [0.2, 0.25) is 0 Å². The molecule has 5 rings (SSSR count). The van der Waals surface area contributed by atoms with Gasteiger partial charge >= 0.3 is 0 Å². The maximum Gasteiger partial charge on any atom is 0.229 e. The summed E-state index contributed by atoms with van der Waals surface area (Å²) in [4.78, 5) is 22.4. The van der Waals surface area contributed by atoms with E-state index in [-0.39, 0.29) is 5.91 Å². The van der Waals surface area contributed by atoms with Gasteiger partial charge in [0.05, 0.1) is 18.3 Å². The summed E-state index contributed by atoms with van der Waals surface area (Å²) in [5, 5.41) is 0. The van der Waals surface area contributed by atoms with Gasteiger partial charge < -0.3 is 9.64 Å². The summed E-state index contributed by atoms with van der Waals surface area (Å²) in [7, 11) is 0. The highest BCUT2D eigenvalue weighted by molar-refractivity contribution is 6.08. The van der Waals surface area contributed by atoms with Gasteiger partial charge in [0.15, 0.2) is 5.84 Å². The van der Waals surface area contributed by atoms with E-state index in [1.165, 1.54) is 11.1 Å². The van der Waals surface area contributed by atoms with Crippen LogP contribution in [0, 0.1) is 13.8 Å². The number of nitrogens with zero attached hydrogens (tertiary/aromatic N) is 3. The summed E-state index contributed by atoms with van der Waals surface area (Å²) >= 11 is 0. The molecule has 0 aromatic heterocycles. The second kappa shape index (κ2) is 6.99. The summed E-state index contributed by atoms with van der Waals surface area (Å²) in [6, 6.07) is 16.7. The summed E-state index contributed by atoms with van der Waals surface area (Å²) in [6.07, 6.45) is 3.35. The number of hydrogen-bond donors (Lipinski definition) is 0. The first-order valence-corrected chi connectivity index (χ1v) is 10.5. The molecule has 2 aromatic carbocycles. The number of amides is 1. The molecule has 0 bridgehead atoms. The zero-order valence-electron chi connectivity index (χ0n) is 17.1. The number of ether oxygens (including phenoxy) is 1. The Hall–Kier alpha value is -2.66. The van der Waals surface area contributed by atoms with Crippen molar-refractivity contribution in [2.45, 2.75) is 51.3 Å². The molecular formula is C24H27N3O2. The Morgan fingerprint density at radius 1 is 1.03 bits per heavy atom. The molecule has 0 N–H and O–H groups in total. The van der Waals surface area contributed by atoms with Gasteiger partial charge in [-0.2, -0.15) is 0 Å². The summed E-state index contributed by atoms with van der Waals surface area (Å²) in [6.45, 7) is 5.74. The van der Waals surface area contributed by atoms with Crippen LogP contribution in [0.5, 0.6) is 0 Å². The Morgan fingerprint density at radius 2 is 1.72 bits per heavy atom. The average molecular weight is 389 g/mol. The Balaban J connectivity index is 1.64. The monoisotopic (exact) mass is 389 g/mol. The molecule has 3 saturated heterocycles. The molecule has 1 unspecified atom stereocenters. The van der Waals surface area contributed by atoms with E-state index in [2.05, 4.69) is 30.9 Å². The molecule has 2 aromatic rings. The lowest BCUT2D eigenvalue weighted by Gasteiger charge is -2.48. The number of rotatable bonds is 2. The molecule has 5 heteroatoms. The quantitative estimate of drug-likeness (QED) is 0.767. The molecule has 2 atom stereocenters. The minimum absolute atomic E-state index is 0.100. The highest BCUT2D eigenvalue weighted by Gasteiger charge is 2.57. The van der Waals surface area contributed by atoms with Crippen molar-refractivity contribution in [2.75, 3.05) is 18.1 Å². The lowest BCUT2D eigenvalue weighted by atomic mass is 10.0. The number of aryl methyl sites for hydroxylation is 2. The zero-order chi connectivity index (χ0) is 20.0. The van der Waals surface area contributed by atoms with Crippen LogP contribution in [0.15, 0.2) is 53.5 Å². The maximum atomic E-state index is 13.0. The van der Waals surface area contributed by atoms with Gasteiger partial charge in [-0.25, -0.2) is 4.99 Å². The lowest BCUT2D eigenvalue weighted by Crippen LogP contribution is -2.65. The molecule has 29 heavy (non-hydrogen) atoms. The number of morpholine rings is 1. The number of fused-ring (bicyclic) bond motifs is 1. The van der Waals surface area contributed by atoms with Crippen molar-refractivity contribution >= 4 is 23.1 Å². The van der Waals surface area contributed by atoms with Gasteiger partial charge in [-0.05, 0) is 51.0 Å². The fraction of sp³-hybridized carbons (Fsp3) is 0.417. The van der Waals surface area contributed by atoms with Gasteiger partial charge in [0.25, 0.3) is 0 Å². The van der Waals surface area contributed by atoms with Crippen molar-refractivity contribution in [1.82, 2.24) is 4.90 Å². The van der Waals surface area contributed by atoms with E-state index in [0.717, 1.165) is 36.6 Å². The highest BCUT2D eigenvalue weighted by Crippen LogP contribution is 2.43. The first-order valence-electron chi connectivity index (χ1n) is 10.5. The number of amidine groups is 1. The molecular weight excluding hydrogens is 362 g/mol. The van der Waals surface area contributed by atoms with Crippen LogP contribution in [-0.4, -0.2) is 41.6 Å². The Kier molecular flexibility index (Phi) is 4.43. The van der Waals surface area contributed by atoms with Crippen LogP contribution >= 0.6 is 0 Å². The Bertz CT molecular complexity index is 951. The summed E-state index contributed by atoms with van der Waals surface area (Å²) in [5.74, 6) is 0.990. The molecule has 0 saturated carbocycles.